The number of aromatic nitrogens is 1. The number of rotatable bonds is 4. The molecule has 24 heavy (non-hydrogen) atoms. The molecule has 0 saturated heterocycles. The number of anilines is 1. The van der Waals surface area contributed by atoms with Crippen LogP contribution in [0.3, 0.4) is 0 Å². The monoisotopic (exact) mass is 323 g/mol. The Morgan fingerprint density at radius 1 is 1.25 bits per heavy atom. The van der Waals surface area contributed by atoms with Crippen LogP contribution >= 0.6 is 0 Å². The van der Waals surface area contributed by atoms with E-state index in [0.717, 1.165) is 24.9 Å². The van der Waals surface area contributed by atoms with Crippen molar-refractivity contribution in [1.82, 2.24) is 10.3 Å². The van der Waals surface area contributed by atoms with Gasteiger partial charge in [0.1, 0.15) is 5.69 Å². The summed E-state index contributed by atoms with van der Waals surface area (Å²) in [5, 5.41) is 2.78. The molecule has 1 N–H and O–H groups in total. The highest BCUT2D eigenvalue weighted by Gasteiger charge is 2.24. The summed E-state index contributed by atoms with van der Waals surface area (Å²) in [6.45, 7) is 3.27. The number of hydrogen-bond acceptors (Lipinski definition) is 3. The number of benzene rings is 1. The number of pyridine rings is 1. The number of nitrogens with one attached hydrogen (secondary N) is 1. The molecular weight excluding hydrogens is 302 g/mol. The molecule has 2 amide bonds. The summed E-state index contributed by atoms with van der Waals surface area (Å²) in [6, 6.07) is 11.2. The van der Waals surface area contributed by atoms with Crippen LogP contribution in [-0.2, 0) is 6.42 Å². The molecule has 0 radical (unpaired) electrons. The summed E-state index contributed by atoms with van der Waals surface area (Å²) in [5.74, 6) is -0.334. The molecule has 124 valence electrons. The van der Waals surface area contributed by atoms with E-state index in [4.69, 9.17) is 0 Å². The van der Waals surface area contributed by atoms with Crippen molar-refractivity contribution in [2.45, 2.75) is 26.2 Å². The summed E-state index contributed by atoms with van der Waals surface area (Å²) < 4.78 is 0. The van der Waals surface area contributed by atoms with Gasteiger partial charge < -0.3 is 10.2 Å². The molecule has 1 aromatic heterocycles. The van der Waals surface area contributed by atoms with Gasteiger partial charge in [-0.3, -0.25) is 14.6 Å². The van der Waals surface area contributed by atoms with Gasteiger partial charge >= 0.3 is 0 Å². The Kier molecular flexibility index (Phi) is 4.89. The average molecular weight is 323 g/mol. The number of fused-ring (bicyclic) bond motifs is 1. The molecule has 0 fully saturated rings. The van der Waals surface area contributed by atoms with E-state index in [0.29, 0.717) is 18.7 Å². The van der Waals surface area contributed by atoms with Crippen molar-refractivity contribution in [2.75, 3.05) is 18.0 Å². The van der Waals surface area contributed by atoms with Crippen molar-refractivity contribution in [3.63, 3.8) is 0 Å². The van der Waals surface area contributed by atoms with Crippen LogP contribution in [0.4, 0.5) is 5.69 Å². The van der Waals surface area contributed by atoms with Crippen molar-refractivity contribution >= 4 is 17.5 Å². The first-order valence-electron chi connectivity index (χ1n) is 8.34. The van der Waals surface area contributed by atoms with Gasteiger partial charge in [0.2, 0.25) is 0 Å². The van der Waals surface area contributed by atoms with Gasteiger partial charge in [0.15, 0.2) is 0 Å². The van der Waals surface area contributed by atoms with E-state index in [1.165, 1.54) is 11.8 Å². The standard InChI is InChI=1S/C19H21N3O2/c1-2-10-21-18(23)16-13-15(9-11-20-16)19(24)22-12-5-7-14-6-3-4-8-17(14)22/h3-4,6,8-9,11,13H,2,5,7,10,12H2,1H3,(H,21,23). The van der Waals surface area contributed by atoms with Crippen LogP contribution in [0.25, 0.3) is 0 Å². The third kappa shape index (κ3) is 3.30. The summed E-state index contributed by atoms with van der Waals surface area (Å²) in [4.78, 5) is 30.8. The van der Waals surface area contributed by atoms with Crippen molar-refractivity contribution < 1.29 is 9.59 Å². The molecule has 0 atom stereocenters. The lowest BCUT2D eigenvalue weighted by Gasteiger charge is -2.29. The van der Waals surface area contributed by atoms with Crippen LogP contribution in [-0.4, -0.2) is 29.9 Å². The molecule has 3 rings (SSSR count). The van der Waals surface area contributed by atoms with Gasteiger partial charge in [-0.25, -0.2) is 0 Å². The predicted molar refractivity (Wildman–Crippen MR) is 93.3 cm³/mol. The molecule has 0 aliphatic carbocycles. The van der Waals surface area contributed by atoms with Crippen LogP contribution in [0, 0.1) is 0 Å². The lowest BCUT2D eigenvalue weighted by atomic mass is 10.0. The zero-order valence-electron chi connectivity index (χ0n) is 13.8. The highest BCUT2D eigenvalue weighted by Crippen LogP contribution is 2.28. The topological polar surface area (TPSA) is 62.3 Å². The summed E-state index contributed by atoms with van der Waals surface area (Å²) >= 11 is 0. The molecule has 2 aromatic rings. The van der Waals surface area contributed by atoms with E-state index in [1.54, 1.807) is 17.0 Å². The second-order valence-corrected chi connectivity index (χ2v) is 5.87. The Bertz CT molecular complexity index is 758. The lowest BCUT2D eigenvalue weighted by molar-refractivity contribution is 0.0948. The van der Waals surface area contributed by atoms with Crippen molar-refractivity contribution in [3.05, 3.63) is 59.4 Å². The van der Waals surface area contributed by atoms with Crippen molar-refractivity contribution in [3.8, 4) is 0 Å². The summed E-state index contributed by atoms with van der Waals surface area (Å²) in [7, 11) is 0. The number of carbonyl (C=O) groups excluding carboxylic acids is 2. The van der Waals surface area contributed by atoms with Crippen LogP contribution in [0.1, 0.15) is 46.2 Å². The number of hydrogen-bond donors (Lipinski definition) is 1. The third-order valence-corrected chi connectivity index (χ3v) is 4.13. The first kappa shape index (κ1) is 16.2. The maximum absolute atomic E-state index is 12.9. The van der Waals surface area contributed by atoms with Gasteiger partial charge in [-0.05, 0) is 43.0 Å². The van der Waals surface area contributed by atoms with Crippen LogP contribution < -0.4 is 10.2 Å². The number of carbonyl (C=O) groups is 2. The fraction of sp³-hybridized carbons (Fsp3) is 0.316. The van der Waals surface area contributed by atoms with Crippen molar-refractivity contribution in [1.29, 1.82) is 0 Å². The molecule has 0 spiro atoms. The molecule has 1 aromatic carbocycles. The lowest BCUT2D eigenvalue weighted by Crippen LogP contribution is -2.35. The highest BCUT2D eigenvalue weighted by atomic mass is 16.2. The Balaban J connectivity index is 1.85. The molecule has 0 unspecified atom stereocenters. The first-order valence-corrected chi connectivity index (χ1v) is 8.34. The largest absolute Gasteiger partial charge is 0.351 e. The number of para-hydroxylation sites is 1. The minimum Gasteiger partial charge on any atom is -0.351 e. The zero-order valence-corrected chi connectivity index (χ0v) is 13.8. The van der Waals surface area contributed by atoms with Gasteiger partial charge in [0.25, 0.3) is 11.8 Å². The van der Waals surface area contributed by atoms with E-state index in [9.17, 15) is 9.59 Å². The Morgan fingerprint density at radius 3 is 2.92 bits per heavy atom. The first-order chi connectivity index (χ1) is 11.7. The van der Waals surface area contributed by atoms with Crippen LogP contribution in [0.5, 0.6) is 0 Å². The minimum atomic E-state index is -0.245. The molecule has 1 aliphatic heterocycles. The minimum absolute atomic E-state index is 0.0888. The van der Waals surface area contributed by atoms with E-state index in [2.05, 4.69) is 16.4 Å². The maximum atomic E-state index is 12.9. The van der Waals surface area contributed by atoms with E-state index in [-0.39, 0.29) is 17.5 Å². The molecular formula is C19H21N3O2. The van der Waals surface area contributed by atoms with Crippen molar-refractivity contribution in [2.24, 2.45) is 0 Å². The van der Waals surface area contributed by atoms with Gasteiger partial charge in [-0.15, -0.1) is 0 Å². The van der Waals surface area contributed by atoms with E-state index < -0.39 is 0 Å². The number of aryl methyl sites for hydroxylation is 1. The fourth-order valence-corrected chi connectivity index (χ4v) is 2.92. The Hall–Kier alpha value is -2.69. The maximum Gasteiger partial charge on any atom is 0.269 e. The van der Waals surface area contributed by atoms with E-state index >= 15 is 0 Å². The zero-order chi connectivity index (χ0) is 16.9. The quantitative estimate of drug-likeness (QED) is 0.941. The summed E-state index contributed by atoms with van der Waals surface area (Å²) in [6.07, 6.45) is 4.30. The highest BCUT2D eigenvalue weighted by molar-refractivity contribution is 6.07. The fourth-order valence-electron chi connectivity index (χ4n) is 2.92. The van der Waals surface area contributed by atoms with Gasteiger partial charge in [0.05, 0.1) is 0 Å². The molecule has 2 heterocycles. The molecule has 5 heteroatoms. The van der Waals surface area contributed by atoms with Gasteiger partial charge in [0, 0.05) is 30.5 Å². The van der Waals surface area contributed by atoms with Gasteiger partial charge in [-0.2, -0.15) is 0 Å². The molecule has 5 nitrogen and oxygen atoms in total. The third-order valence-electron chi connectivity index (χ3n) is 4.13. The second-order valence-electron chi connectivity index (χ2n) is 5.87. The number of amides is 2. The summed E-state index contributed by atoms with van der Waals surface area (Å²) in [5.41, 5.74) is 2.91. The molecule has 0 saturated carbocycles. The Morgan fingerprint density at radius 2 is 2.08 bits per heavy atom. The van der Waals surface area contributed by atoms with Crippen LogP contribution in [0.2, 0.25) is 0 Å². The van der Waals surface area contributed by atoms with E-state index in [1.807, 2.05) is 25.1 Å². The SMILES string of the molecule is CCCNC(=O)c1cc(C(=O)N2CCCc3ccccc32)ccn1. The Labute approximate surface area is 141 Å². The van der Waals surface area contributed by atoms with Gasteiger partial charge in [-0.1, -0.05) is 25.1 Å². The smallest absolute Gasteiger partial charge is 0.269 e. The number of nitrogens with zero attached hydrogens (tertiary/aromatic N) is 2. The predicted octanol–water partition coefficient (Wildman–Crippen LogP) is 2.81. The average Bonchev–Trinajstić information content (AvgIpc) is 2.65. The normalized spacial score (nSPS) is 13.3. The second kappa shape index (κ2) is 7.25. The molecule has 0 bridgehead atoms. The molecule has 1 aliphatic rings. The van der Waals surface area contributed by atoms with Crippen LogP contribution in [0.15, 0.2) is 42.6 Å².